The predicted octanol–water partition coefficient (Wildman–Crippen LogP) is 15.6. The number of halogens is 10. The number of carbonyl (C=O) groups is 4. The summed E-state index contributed by atoms with van der Waals surface area (Å²) in [6.07, 6.45) is -0.337. The van der Waals surface area contributed by atoms with Crippen LogP contribution in [0.1, 0.15) is 63.8 Å². The van der Waals surface area contributed by atoms with Gasteiger partial charge in [-0.15, -0.1) is 0 Å². The highest BCUT2D eigenvalue weighted by atomic mass is 79.9. The number of hydrogen-bond donors (Lipinski definition) is 2. The van der Waals surface area contributed by atoms with E-state index < -0.39 is 29.1 Å². The number of carboxylic acid groups (broad SMARTS) is 2. The molecule has 0 aromatic heterocycles. The molecule has 0 fully saturated rings. The molecule has 0 aliphatic carbocycles. The lowest BCUT2D eigenvalue weighted by molar-refractivity contribution is -0.155. The quantitative estimate of drug-likeness (QED) is 0.132. The van der Waals surface area contributed by atoms with Crippen molar-refractivity contribution >= 4 is 160 Å². The molecule has 0 spiro atoms. The number of hydrogen-bond acceptors (Lipinski definition) is 6. The van der Waals surface area contributed by atoms with Gasteiger partial charge in [-0.3, -0.25) is 19.2 Å². The van der Waals surface area contributed by atoms with Crippen LogP contribution in [0, 0.1) is 13.1 Å². The molecule has 0 saturated carbocycles. The van der Waals surface area contributed by atoms with Crippen LogP contribution in [0.3, 0.4) is 0 Å². The van der Waals surface area contributed by atoms with E-state index in [2.05, 4.69) is 41.5 Å². The van der Waals surface area contributed by atoms with Crippen molar-refractivity contribution in [1.29, 1.82) is 0 Å². The Balaban J connectivity index is 0.000000417. The van der Waals surface area contributed by atoms with Crippen LogP contribution < -0.4 is 0 Å². The fourth-order valence-electron chi connectivity index (χ4n) is 4.47. The smallest absolute Gasteiger partial charge is 0.310 e. The van der Waals surface area contributed by atoms with Gasteiger partial charge in [0.2, 0.25) is 0 Å². The Hall–Kier alpha value is -2.98. The molecule has 4 aromatic carbocycles. The van der Waals surface area contributed by atoms with E-state index in [1.807, 2.05) is 20.8 Å². The summed E-state index contributed by atoms with van der Waals surface area (Å²) in [6.45, 7) is 24.4. The predicted molar refractivity (Wildman–Crippen MR) is 256 cm³/mol. The van der Waals surface area contributed by atoms with Crippen molar-refractivity contribution in [2.24, 2.45) is 0 Å². The molecule has 0 saturated heterocycles. The van der Waals surface area contributed by atoms with Gasteiger partial charge in [0.25, 0.3) is 0 Å². The highest BCUT2D eigenvalue weighted by Gasteiger charge is 2.21. The molecule has 0 aliphatic rings. The third kappa shape index (κ3) is 21.6. The fourth-order valence-corrected chi connectivity index (χ4v) is 8.38. The molecule has 0 bridgehead atoms. The van der Waals surface area contributed by atoms with Crippen molar-refractivity contribution in [3.8, 4) is 0 Å². The van der Waals surface area contributed by atoms with Gasteiger partial charge in [0.05, 0.1) is 38.8 Å². The van der Waals surface area contributed by atoms with E-state index in [0.717, 1.165) is 8.95 Å². The van der Waals surface area contributed by atoms with Crippen molar-refractivity contribution < 1.29 is 38.9 Å². The maximum Gasteiger partial charge on any atom is 0.310 e. The molecule has 20 heteroatoms. The average Bonchev–Trinajstić information content (AvgIpc) is 3.10. The number of benzene rings is 4. The Bertz CT molecular complexity index is 2300. The van der Waals surface area contributed by atoms with Crippen LogP contribution in [0.2, 0.25) is 40.2 Å². The number of ether oxygens (including phenoxy) is 2. The van der Waals surface area contributed by atoms with Gasteiger partial charge >= 0.3 is 23.9 Å². The minimum absolute atomic E-state index is 0.00673. The van der Waals surface area contributed by atoms with Gasteiger partial charge in [-0.25, -0.2) is 9.69 Å². The van der Waals surface area contributed by atoms with E-state index in [4.69, 9.17) is 126 Å². The van der Waals surface area contributed by atoms with E-state index in [0.29, 0.717) is 63.8 Å². The first-order valence-corrected chi connectivity index (χ1v) is 21.9. The highest BCUT2D eigenvalue weighted by Crippen LogP contribution is 2.34. The number of nitrogens with zero attached hydrogens (tertiary/aromatic N) is 2. The molecule has 0 unspecified atom stereocenters. The zero-order valence-electron chi connectivity index (χ0n) is 33.5. The maximum absolute atomic E-state index is 11.7. The van der Waals surface area contributed by atoms with E-state index in [-0.39, 0.29) is 41.7 Å². The summed E-state index contributed by atoms with van der Waals surface area (Å²) in [5.74, 6) is -2.71. The Morgan fingerprint density at radius 1 is 0.484 bits per heavy atom. The van der Waals surface area contributed by atoms with E-state index in [9.17, 15) is 19.2 Å². The second-order valence-corrected chi connectivity index (χ2v) is 19.5. The molecule has 0 radical (unpaired) electrons. The minimum Gasteiger partial charge on any atom is -0.481 e. The van der Waals surface area contributed by atoms with Crippen LogP contribution >= 0.6 is 125 Å². The third-order valence-corrected chi connectivity index (χ3v) is 10.5. The summed E-state index contributed by atoms with van der Waals surface area (Å²) in [4.78, 5) is 50.6. The number of carboxylic acids is 2. The summed E-state index contributed by atoms with van der Waals surface area (Å²) in [5.41, 5.74) is 1.45. The second-order valence-electron chi connectivity index (χ2n) is 14.4. The lowest BCUT2D eigenvalue weighted by Gasteiger charge is -2.20. The Morgan fingerprint density at radius 2 is 0.694 bits per heavy atom. The van der Waals surface area contributed by atoms with Gasteiger partial charge in [-0.2, -0.15) is 0 Å². The molecular weight excluding hydrogens is 1100 g/mol. The summed E-state index contributed by atoms with van der Waals surface area (Å²) in [6, 6.07) is 12.4. The Kier molecular flexibility index (Phi) is 24.0. The lowest BCUT2D eigenvalue weighted by atomic mass is 10.1. The first kappa shape index (κ1) is 57.0. The van der Waals surface area contributed by atoms with Gasteiger partial charge in [-0.05, 0) is 101 Å². The van der Waals surface area contributed by atoms with Gasteiger partial charge in [0.15, 0.2) is 11.4 Å². The van der Waals surface area contributed by atoms with Crippen LogP contribution in [0.4, 0.5) is 11.4 Å². The summed E-state index contributed by atoms with van der Waals surface area (Å²) >= 11 is 53.7. The van der Waals surface area contributed by atoms with Gasteiger partial charge in [0, 0.05) is 60.3 Å². The molecule has 10 nitrogen and oxygen atoms in total. The number of aliphatic carboxylic acids is 2. The van der Waals surface area contributed by atoms with Crippen molar-refractivity contribution in [2.75, 3.05) is 0 Å². The zero-order chi connectivity index (χ0) is 47.9. The standard InChI is InChI=1S/C13H13Cl2NO2.C12H13BrCl2O2.C9H5Cl2NO2.C8H5BrCl2O2/c1-13(2,3)18-12(17)7-9-10(14)5-8(16-4)6-11(9)15;1-12(2,3)17-11(16)6-8-9(14)4-7(13)5-10(8)15;1-12-5-2-7(10)6(4-9(13)14)8(11)3-5;9-4-1-6(10)5(3-8(12)13)7(11)2-4/h5-6H,7H2,1-3H3;4-5H,6H2,1-3H3;2-3H,4H2,(H,13,14);1-2H,3H2,(H,12,13). The van der Waals surface area contributed by atoms with Crippen molar-refractivity contribution in [2.45, 2.75) is 78.4 Å². The molecule has 4 aromatic rings. The first-order chi connectivity index (χ1) is 28.5. The summed E-state index contributed by atoms with van der Waals surface area (Å²) in [5, 5.41) is 19.8. The summed E-state index contributed by atoms with van der Waals surface area (Å²) in [7, 11) is 0. The van der Waals surface area contributed by atoms with Gasteiger partial charge in [-0.1, -0.05) is 125 Å². The van der Waals surface area contributed by atoms with Crippen LogP contribution in [0.5, 0.6) is 0 Å². The lowest BCUT2D eigenvalue weighted by Crippen LogP contribution is -2.25. The largest absolute Gasteiger partial charge is 0.481 e. The SMILES string of the molecule is CC(C)(C)OC(=O)Cc1c(Cl)cc(Br)cc1Cl.O=C(O)Cc1c(Cl)cc(Br)cc1Cl.[C-]#[N+]c1cc(Cl)c(CC(=O)O)c(Cl)c1.[C-]#[N+]c1cc(Cl)c(CC(=O)OC(C)(C)C)c(Cl)c1. The Morgan fingerprint density at radius 3 is 0.887 bits per heavy atom. The molecule has 62 heavy (non-hydrogen) atoms. The van der Waals surface area contributed by atoms with Crippen molar-refractivity contribution in [3.05, 3.63) is 143 Å². The van der Waals surface area contributed by atoms with Crippen molar-refractivity contribution in [3.63, 3.8) is 0 Å². The van der Waals surface area contributed by atoms with E-state index in [1.54, 1.807) is 45.0 Å². The number of esters is 2. The monoisotopic (exact) mass is 1130 g/mol. The summed E-state index contributed by atoms with van der Waals surface area (Å²) < 4.78 is 11.9. The minimum atomic E-state index is -1.01. The van der Waals surface area contributed by atoms with Gasteiger partial charge in [0.1, 0.15) is 11.2 Å². The first-order valence-electron chi connectivity index (χ1n) is 17.3. The number of rotatable bonds is 8. The van der Waals surface area contributed by atoms with Crippen LogP contribution in [0.15, 0.2) is 57.5 Å². The topological polar surface area (TPSA) is 136 Å². The zero-order valence-corrected chi connectivity index (χ0v) is 42.7. The molecule has 0 amide bonds. The molecule has 0 atom stereocenters. The number of carbonyl (C=O) groups excluding carboxylic acids is 2. The van der Waals surface area contributed by atoms with Crippen LogP contribution in [-0.4, -0.2) is 45.3 Å². The molecule has 4 rings (SSSR count). The third-order valence-electron chi connectivity index (χ3n) is 6.86. The van der Waals surface area contributed by atoms with E-state index in [1.165, 1.54) is 24.3 Å². The Labute approximate surface area is 416 Å². The maximum atomic E-state index is 11.7. The van der Waals surface area contributed by atoms with E-state index >= 15 is 0 Å². The molecule has 0 heterocycles. The second kappa shape index (κ2) is 26.1. The van der Waals surface area contributed by atoms with Crippen molar-refractivity contribution in [1.82, 2.24) is 0 Å². The fraction of sp³-hybridized carbons (Fsp3) is 0.286. The van der Waals surface area contributed by atoms with Crippen LogP contribution in [0.25, 0.3) is 9.69 Å². The van der Waals surface area contributed by atoms with Crippen LogP contribution in [-0.2, 0) is 54.3 Å². The molecule has 332 valence electrons. The molecular formula is C42H36Br2Cl8N2O8. The average molecular weight is 1140 g/mol. The van der Waals surface area contributed by atoms with Gasteiger partial charge < -0.3 is 19.7 Å². The normalized spacial score (nSPS) is 10.5. The molecule has 0 aliphatic heterocycles. The molecule has 2 N–H and O–H groups in total. The highest BCUT2D eigenvalue weighted by molar-refractivity contribution is 9.10.